The van der Waals surface area contributed by atoms with Crippen LogP contribution in [-0.4, -0.2) is 19.5 Å². The minimum absolute atomic E-state index is 0.226. The first kappa shape index (κ1) is 20.1. The molecule has 0 amide bonds. The summed E-state index contributed by atoms with van der Waals surface area (Å²) in [7, 11) is 0. The molecule has 0 saturated carbocycles. The summed E-state index contributed by atoms with van der Waals surface area (Å²) in [5, 5.41) is 12.7. The third kappa shape index (κ3) is 3.30. The molecule has 5 rings (SSSR count). The first-order chi connectivity index (χ1) is 15.1. The number of halogens is 1. The number of hydrogen-bond donors (Lipinski definition) is 5. The Balaban J connectivity index is 1.77. The highest BCUT2D eigenvalue weighted by molar-refractivity contribution is 6.31. The topological polar surface area (TPSA) is 98.5 Å². The molecule has 0 spiro atoms. The molecule has 0 bridgehead atoms. The van der Waals surface area contributed by atoms with Gasteiger partial charge in [-0.3, -0.25) is 4.98 Å². The molecule has 158 valence electrons. The highest BCUT2D eigenvalue weighted by atomic mass is 35.5. The number of fused-ring (bicyclic) bond motifs is 1. The Morgan fingerprint density at radius 1 is 1.10 bits per heavy atom. The Morgan fingerprint density at radius 3 is 2.52 bits per heavy atom. The molecule has 4 heterocycles. The fourth-order valence-corrected chi connectivity index (χ4v) is 4.29. The molecule has 8 nitrogen and oxygen atoms in total. The molecule has 0 aliphatic carbocycles. The van der Waals surface area contributed by atoms with Crippen LogP contribution in [0.5, 0.6) is 0 Å². The van der Waals surface area contributed by atoms with E-state index >= 15 is 0 Å². The number of aromatic nitrogens is 3. The molecule has 31 heavy (non-hydrogen) atoms. The Bertz CT molecular complexity index is 1170. The lowest BCUT2D eigenvalue weighted by Gasteiger charge is -2.27. The van der Waals surface area contributed by atoms with Crippen molar-refractivity contribution in [2.75, 3.05) is 0 Å². The zero-order valence-corrected chi connectivity index (χ0v) is 17.6. The van der Waals surface area contributed by atoms with Gasteiger partial charge in [0, 0.05) is 29.7 Å². The summed E-state index contributed by atoms with van der Waals surface area (Å²) in [5.74, 6) is 0. The van der Waals surface area contributed by atoms with Gasteiger partial charge in [-0.15, -0.1) is 0 Å². The fraction of sp³-hybridized carbons (Fsp3) is 0.182. The maximum Gasteiger partial charge on any atom is 0.176 e. The normalized spacial score (nSPS) is 16.6. The largest absolute Gasteiger partial charge is 0.373 e. The van der Waals surface area contributed by atoms with Gasteiger partial charge in [-0.1, -0.05) is 54.9 Å². The molecule has 1 saturated heterocycles. The van der Waals surface area contributed by atoms with Crippen LogP contribution in [0.3, 0.4) is 0 Å². The smallest absolute Gasteiger partial charge is 0.176 e. The summed E-state index contributed by atoms with van der Waals surface area (Å²) < 4.78 is 1.98. The van der Waals surface area contributed by atoms with Crippen molar-refractivity contribution in [1.82, 2.24) is 36.3 Å². The summed E-state index contributed by atoms with van der Waals surface area (Å²) in [4.78, 5) is 9.34. The SMILES string of the molecule is CCc1c(C(O)(c2ccccc2)c2ccccn2)nc2cc(Cl)c(C3NNNN3)cn12. The number of nitrogens with one attached hydrogen (secondary N) is 4. The number of benzene rings is 1. The van der Waals surface area contributed by atoms with Gasteiger partial charge in [0.25, 0.3) is 0 Å². The van der Waals surface area contributed by atoms with Crippen molar-refractivity contribution in [1.29, 1.82) is 0 Å². The summed E-state index contributed by atoms with van der Waals surface area (Å²) >= 11 is 6.57. The van der Waals surface area contributed by atoms with Crippen molar-refractivity contribution < 1.29 is 5.11 Å². The van der Waals surface area contributed by atoms with E-state index in [1.54, 1.807) is 6.20 Å². The molecule has 1 aliphatic heterocycles. The molecule has 1 aliphatic rings. The third-order valence-electron chi connectivity index (χ3n) is 5.55. The Labute approximate surface area is 184 Å². The molecule has 4 aromatic rings. The zero-order chi connectivity index (χ0) is 21.4. The molecular weight excluding hydrogens is 414 g/mol. The van der Waals surface area contributed by atoms with Crippen molar-refractivity contribution in [3.05, 3.63) is 100 Å². The predicted molar refractivity (Wildman–Crippen MR) is 118 cm³/mol. The average Bonchev–Trinajstić information content (AvgIpc) is 3.47. The molecule has 1 atom stereocenters. The van der Waals surface area contributed by atoms with Gasteiger partial charge in [-0.25, -0.2) is 15.8 Å². The van der Waals surface area contributed by atoms with Crippen molar-refractivity contribution in [2.24, 2.45) is 0 Å². The van der Waals surface area contributed by atoms with Crippen LogP contribution in [0.2, 0.25) is 5.02 Å². The molecule has 1 unspecified atom stereocenters. The molecule has 1 fully saturated rings. The Hall–Kier alpha value is -2.85. The molecule has 3 aromatic heterocycles. The minimum atomic E-state index is -1.51. The maximum atomic E-state index is 12.2. The number of aryl methyl sites for hydroxylation is 1. The molecule has 0 radical (unpaired) electrons. The van der Waals surface area contributed by atoms with Gasteiger partial charge in [0.05, 0.1) is 10.7 Å². The average molecular weight is 436 g/mol. The van der Waals surface area contributed by atoms with Crippen LogP contribution < -0.4 is 21.9 Å². The quantitative estimate of drug-likeness (QED) is 0.328. The van der Waals surface area contributed by atoms with Crippen LogP contribution in [0.15, 0.2) is 67.0 Å². The maximum absolute atomic E-state index is 12.2. The van der Waals surface area contributed by atoms with E-state index < -0.39 is 5.60 Å². The van der Waals surface area contributed by atoms with Crippen molar-refractivity contribution in [2.45, 2.75) is 25.1 Å². The number of hydrogen-bond acceptors (Lipinski definition) is 7. The predicted octanol–water partition coefficient (Wildman–Crippen LogP) is 2.34. The van der Waals surface area contributed by atoms with Crippen LogP contribution in [0.25, 0.3) is 5.65 Å². The first-order valence-corrected chi connectivity index (χ1v) is 10.4. The second-order valence-corrected chi connectivity index (χ2v) is 7.74. The molecule has 1 aromatic carbocycles. The van der Waals surface area contributed by atoms with Crippen LogP contribution in [0, 0.1) is 0 Å². The van der Waals surface area contributed by atoms with Crippen molar-refractivity contribution in [3.8, 4) is 0 Å². The van der Waals surface area contributed by atoms with E-state index in [-0.39, 0.29) is 6.17 Å². The van der Waals surface area contributed by atoms with Gasteiger partial charge in [0.1, 0.15) is 17.5 Å². The number of aliphatic hydroxyl groups is 1. The van der Waals surface area contributed by atoms with Gasteiger partial charge in [0.2, 0.25) is 0 Å². The second kappa shape index (κ2) is 8.01. The third-order valence-corrected chi connectivity index (χ3v) is 5.88. The van der Waals surface area contributed by atoms with Crippen LogP contribution in [0.4, 0.5) is 0 Å². The summed E-state index contributed by atoms with van der Waals surface area (Å²) in [5.41, 5.74) is 14.3. The van der Waals surface area contributed by atoms with E-state index in [1.807, 2.05) is 72.1 Å². The van der Waals surface area contributed by atoms with E-state index in [0.29, 0.717) is 34.0 Å². The number of hydrazine groups is 3. The number of pyridine rings is 2. The van der Waals surface area contributed by atoms with Crippen molar-refractivity contribution in [3.63, 3.8) is 0 Å². The Morgan fingerprint density at radius 2 is 1.84 bits per heavy atom. The van der Waals surface area contributed by atoms with Gasteiger partial charge < -0.3 is 9.51 Å². The van der Waals surface area contributed by atoms with Crippen molar-refractivity contribution >= 4 is 17.2 Å². The second-order valence-electron chi connectivity index (χ2n) is 7.33. The summed E-state index contributed by atoms with van der Waals surface area (Å²) in [6, 6.07) is 16.8. The van der Waals surface area contributed by atoms with Crippen LogP contribution >= 0.6 is 11.6 Å². The lowest BCUT2D eigenvalue weighted by atomic mass is 9.85. The van der Waals surface area contributed by atoms with Gasteiger partial charge in [0.15, 0.2) is 5.60 Å². The van der Waals surface area contributed by atoms with Crippen LogP contribution in [-0.2, 0) is 12.0 Å². The summed E-state index contributed by atoms with van der Waals surface area (Å²) in [6.07, 6.45) is 4.05. The van der Waals surface area contributed by atoms with Gasteiger partial charge in [-0.05, 0) is 24.1 Å². The zero-order valence-electron chi connectivity index (χ0n) is 16.8. The monoisotopic (exact) mass is 435 g/mol. The van der Waals surface area contributed by atoms with Gasteiger partial charge in [-0.2, -0.15) is 11.1 Å². The van der Waals surface area contributed by atoms with E-state index in [2.05, 4.69) is 26.9 Å². The lowest BCUT2D eigenvalue weighted by Crippen LogP contribution is -2.33. The first-order valence-electron chi connectivity index (χ1n) is 10.0. The van der Waals surface area contributed by atoms with E-state index in [1.165, 1.54) is 0 Å². The van der Waals surface area contributed by atoms with Gasteiger partial charge >= 0.3 is 0 Å². The molecule has 5 N–H and O–H groups in total. The Kier molecular flexibility index (Phi) is 5.19. The standard InChI is InChI=1S/C22H22ClN7O/c1-2-17-20(22(31,14-8-4-3-5-9-14)18-10-6-7-11-24-18)25-19-12-16(23)15(13-30(17)19)21-26-28-29-27-21/h3-13,21,26-29,31H,2H2,1H3. The minimum Gasteiger partial charge on any atom is -0.373 e. The molecule has 9 heteroatoms. The fourth-order valence-electron chi connectivity index (χ4n) is 4.04. The number of nitrogens with zero attached hydrogens (tertiary/aromatic N) is 3. The number of imidazole rings is 1. The van der Waals surface area contributed by atoms with Crippen LogP contribution in [0.1, 0.15) is 41.3 Å². The molecular formula is C22H22ClN7O. The highest BCUT2D eigenvalue weighted by Crippen LogP contribution is 2.38. The highest BCUT2D eigenvalue weighted by Gasteiger charge is 2.40. The number of rotatable bonds is 5. The summed E-state index contributed by atoms with van der Waals surface area (Å²) in [6.45, 7) is 2.04. The van der Waals surface area contributed by atoms with E-state index in [0.717, 1.165) is 11.3 Å². The van der Waals surface area contributed by atoms with E-state index in [4.69, 9.17) is 16.6 Å². The van der Waals surface area contributed by atoms with E-state index in [9.17, 15) is 5.11 Å². The lowest BCUT2D eigenvalue weighted by molar-refractivity contribution is 0.115.